The minimum Gasteiger partial charge on any atom is -0.379 e. The third-order valence-electron chi connectivity index (χ3n) is 6.81. The zero-order valence-corrected chi connectivity index (χ0v) is 22.9. The molecule has 1 saturated heterocycles. The van der Waals surface area contributed by atoms with Crippen LogP contribution in [-0.2, 0) is 14.9 Å². The predicted octanol–water partition coefficient (Wildman–Crippen LogP) is 7.38. The van der Waals surface area contributed by atoms with E-state index in [-0.39, 0.29) is 11.3 Å². The molecular weight excluding hydrogens is 460 g/mol. The summed E-state index contributed by atoms with van der Waals surface area (Å²) in [4.78, 5) is 16.8. The Bertz CT molecular complexity index is 934. The summed E-state index contributed by atoms with van der Waals surface area (Å²) in [6.07, 6.45) is 14.2. The van der Waals surface area contributed by atoms with Gasteiger partial charge in [0.15, 0.2) is 5.60 Å². The summed E-state index contributed by atoms with van der Waals surface area (Å²) in [7, 11) is 0. The fraction of sp³-hybridized carbons (Fsp3) is 0.586. The average Bonchev–Trinajstić information content (AvgIpc) is 3.10. The maximum Gasteiger partial charge on any atom is 0.235 e. The largest absolute Gasteiger partial charge is 0.379 e. The number of carbonyl (C=O) groups is 1. The van der Waals surface area contributed by atoms with Crippen LogP contribution in [0.5, 0.6) is 0 Å². The maximum absolute atomic E-state index is 12.4. The minimum atomic E-state index is -0.866. The maximum atomic E-state index is 12.4. The van der Waals surface area contributed by atoms with Crippen LogP contribution in [0, 0.1) is 0 Å². The van der Waals surface area contributed by atoms with Gasteiger partial charge in [0, 0.05) is 16.9 Å². The molecule has 2 heterocycles. The number of ether oxygens (including phenoxy) is 1. The van der Waals surface area contributed by atoms with Gasteiger partial charge in [-0.3, -0.25) is 9.79 Å². The van der Waals surface area contributed by atoms with Gasteiger partial charge in [0.05, 0.1) is 24.3 Å². The summed E-state index contributed by atoms with van der Waals surface area (Å²) in [5.41, 5.74) is 2.73. The molecule has 5 nitrogen and oxygen atoms in total. The topological polar surface area (TPSA) is 70.9 Å². The number of rotatable bonds is 11. The fourth-order valence-corrected chi connectivity index (χ4v) is 4.81. The van der Waals surface area contributed by atoms with Crippen LogP contribution in [0.15, 0.2) is 46.6 Å². The van der Waals surface area contributed by atoms with Crippen LogP contribution in [0.2, 0.25) is 5.02 Å². The Morgan fingerprint density at radius 3 is 2.37 bits per heavy atom. The Labute approximate surface area is 216 Å². The number of aliphatic hydroxyl groups is 1. The number of hydrogen-bond donors (Lipinski definition) is 2. The number of allylic oxidation sites excluding steroid dienone is 3. The van der Waals surface area contributed by atoms with Crippen LogP contribution >= 0.6 is 11.6 Å². The van der Waals surface area contributed by atoms with Crippen LogP contribution < -0.4 is 5.32 Å². The molecule has 1 unspecified atom stereocenters. The van der Waals surface area contributed by atoms with Crippen molar-refractivity contribution in [3.05, 3.63) is 52.2 Å². The number of carbonyl (C=O) groups excluding carboxylic acids is 1. The summed E-state index contributed by atoms with van der Waals surface area (Å²) in [5.74, 6) is 0.148. The first-order valence-electron chi connectivity index (χ1n) is 13.1. The van der Waals surface area contributed by atoms with E-state index in [1.54, 1.807) is 0 Å². The van der Waals surface area contributed by atoms with Crippen molar-refractivity contribution in [2.45, 2.75) is 97.0 Å². The fourth-order valence-electron chi connectivity index (χ4n) is 4.64. The van der Waals surface area contributed by atoms with E-state index in [4.69, 9.17) is 16.3 Å². The van der Waals surface area contributed by atoms with Crippen molar-refractivity contribution >= 4 is 29.4 Å². The Morgan fingerprint density at radius 2 is 1.83 bits per heavy atom. The molecule has 1 aromatic carbocycles. The molecule has 0 bridgehead atoms. The van der Waals surface area contributed by atoms with Crippen LogP contribution in [-0.4, -0.2) is 36.0 Å². The van der Waals surface area contributed by atoms with Crippen molar-refractivity contribution in [1.29, 1.82) is 0 Å². The van der Waals surface area contributed by atoms with Gasteiger partial charge in [0.2, 0.25) is 5.91 Å². The van der Waals surface area contributed by atoms with E-state index in [2.05, 4.69) is 37.2 Å². The van der Waals surface area contributed by atoms with Crippen molar-refractivity contribution < 1.29 is 14.6 Å². The first kappa shape index (κ1) is 29.3. The van der Waals surface area contributed by atoms with Crippen molar-refractivity contribution in [3.8, 4) is 0 Å². The third kappa shape index (κ3) is 7.28. The Kier molecular flexibility index (Phi) is 11.7. The second kappa shape index (κ2) is 14.0. The van der Waals surface area contributed by atoms with E-state index in [1.165, 1.54) is 18.4 Å². The summed E-state index contributed by atoms with van der Waals surface area (Å²) in [6, 6.07) is 5.71. The van der Waals surface area contributed by atoms with E-state index < -0.39 is 5.60 Å². The number of amides is 1. The molecule has 2 aliphatic rings. The molecule has 1 amide bonds. The van der Waals surface area contributed by atoms with Gasteiger partial charge in [-0.2, -0.15) is 0 Å². The lowest BCUT2D eigenvalue weighted by Crippen LogP contribution is -2.50. The number of nitrogens with one attached hydrogen (secondary N) is 1. The van der Waals surface area contributed by atoms with Gasteiger partial charge in [0.1, 0.15) is 0 Å². The number of nitrogens with zero attached hydrogens (tertiary/aromatic N) is 1. The van der Waals surface area contributed by atoms with E-state index in [9.17, 15) is 9.90 Å². The summed E-state index contributed by atoms with van der Waals surface area (Å²) in [5, 5.41) is 13.8. The number of halogens is 1. The molecular formula is C29H43ClN2O3. The highest BCUT2D eigenvalue weighted by molar-refractivity contribution is 6.31. The highest BCUT2D eigenvalue weighted by atomic mass is 35.5. The second-order valence-electron chi connectivity index (χ2n) is 9.50. The average molecular weight is 503 g/mol. The van der Waals surface area contributed by atoms with Gasteiger partial charge < -0.3 is 15.2 Å². The zero-order valence-electron chi connectivity index (χ0n) is 22.1. The monoisotopic (exact) mass is 502 g/mol. The SMILES string of the molecule is CCCCC1(CCC)C(=O)Nc2ccc(Cl)cc21.C\C=C(/C=N/C(=C\C)C1(O)COC1)CCCC. The molecule has 0 aromatic heterocycles. The zero-order chi connectivity index (χ0) is 25.9. The highest BCUT2D eigenvalue weighted by Crippen LogP contribution is 2.45. The van der Waals surface area contributed by atoms with E-state index in [1.807, 2.05) is 44.3 Å². The van der Waals surface area contributed by atoms with E-state index in [0.717, 1.165) is 49.8 Å². The molecule has 3 rings (SSSR count). The lowest BCUT2D eigenvalue weighted by Gasteiger charge is -2.36. The molecule has 0 radical (unpaired) electrons. The first-order chi connectivity index (χ1) is 16.8. The van der Waals surface area contributed by atoms with Crippen LogP contribution in [0.1, 0.15) is 91.5 Å². The summed E-state index contributed by atoms with van der Waals surface area (Å²) < 4.78 is 5.04. The molecule has 1 aromatic rings. The van der Waals surface area contributed by atoms with Crippen molar-refractivity contribution in [2.24, 2.45) is 4.99 Å². The second-order valence-corrected chi connectivity index (χ2v) is 9.94. The molecule has 0 aliphatic carbocycles. The van der Waals surface area contributed by atoms with Gasteiger partial charge in [-0.1, -0.05) is 70.2 Å². The van der Waals surface area contributed by atoms with Crippen LogP contribution in [0.3, 0.4) is 0 Å². The van der Waals surface area contributed by atoms with Crippen molar-refractivity contribution in [1.82, 2.24) is 0 Å². The number of unbranched alkanes of at least 4 members (excludes halogenated alkanes) is 2. The number of benzene rings is 1. The Balaban J connectivity index is 0.000000247. The standard InChI is InChI=1S/C15H20ClNO.C14H23NO2/c1-3-5-9-15(8-4-2)12-10-11(16)6-7-13(12)17-14(15)18;1-4-7-8-12(5-2)9-15-13(6-3)14(16)10-17-11-14/h6-7,10H,3-5,8-9H2,1-2H3,(H,17,18);5-6,9,16H,4,7-8,10-11H2,1-3H3/b;12-5-,13-6-,15-9+. The lowest BCUT2D eigenvalue weighted by molar-refractivity contribution is -0.154. The smallest absolute Gasteiger partial charge is 0.235 e. The summed E-state index contributed by atoms with van der Waals surface area (Å²) >= 11 is 6.09. The molecule has 0 spiro atoms. The first-order valence-corrected chi connectivity index (χ1v) is 13.5. The van der Waals surface area contributed by atoms with Crippen molar-refractivity contribution in [3.63, 3.8) is 0 Å². The number of fused-ring (bicyclic) bond motifs is 1. The molecule has 2 N–H and O–H groups in total. The molecule has 2 aliphatic heterocycles. The van der Waals surface area contributed by atoms with Gasteiger partial charge in [-0.25, -0.2) is 0 Å². The third-order valence-corrected chi connectivity index (χ3v) is 7.04. The van der Waals surface area contributed by atoms with Crippen molar-refractivity contribution in [2.75, 3.05) is 18.5 Å². The molecule has 35 heavy (non-hydrogen) atoms. The summed E-state index contributed by atoms with van der Waals surface area (Å²) in [6.45, 7) is 11.1. The molecule has 194 valence electrons. The van der Waals surface area contributed by atoms with Crippen LogP contribution in [0.25, 0.3) is 0 Å². The van der Waals surface area contributed by atoms with E-state index in [0.29, 0.717) is 23.9 Å². The minimum absolute atomic E-state index is 0.148. The number of hydrogen-bond acceptors (Lipinski definition) is 4. The molecule has 1 fully saturated rings. The molecule has 1 atom stereocenters. The normalized spacial score (nSPS) is 21.3. The number of aliphatic imine (C=N–C) groups is 1. The van der Waals surface area contributed by atoms with Gasteiger partial charge in [0.25, 0.3) is 0 Å². The van der Waals surface area contributed by atoms with Gasteiger partial charge in [-0.15, -0.1) is 0 Å². The lowest BCUT2D eigenvalue weighted by atomic mass is 9.74. The van der Waals surface area contributed by atoms with E-state index >= 15 is 0 Å². The molecule has 0 saturated carbocycles. The van der Waals surface area contributed by atoms with Crippen LogP contribution in [0.4, 0.5) is 5.69 Å². The van der Waals surface area contributed by atoms with Gasteiger partial charge >= 0.3 is 0 Å². The number of anilines is 1. The predicted molar refractivity (Wildman–Crippen MR) is 147 cm³/mol. The Morgan fingerprint density at radius 1 is 1.11 bits per heavy atom. The highest BCUT2D eigenvalue weighted by Gasteiger charge is 2.45. The Hall–Kier alpha value is -1.95. The van der Waals surface area contributed by atoms with Gasteiger partial charge in [-0.05, 0) is 68.9 Å². The molecule has 6 heteroatoms. The quantitative estimate of drug-likeness (QED) is 0.310.